The molecule has 2 aliphatic heterocycles. The van der Waals surface area contributed by atoms with Crippen molar-refractivity contribution in [1.29, 1.82) is 0 Å². The molecule has 1 aromatic heterocycles. The summed E-state index contributed by atoms with van der Waals surface area (Å²) in [5.74, 6) is -0.00157. The zero-order valence-electron chi connectivity index (χ0n) is 20.9. The molecule has 2 aliphatic rings. The van der Waals surface area contributed by atoms with Gasteiger partial charge in [0.15, 0.2) is 6.10 Å². The number of amides is 2. The van der Waals surface area contributed by atoms with E-state index in [0.717, 1.165) is 6.42 Å². The molecule has 3 heterocycles. The average Bonchev–Trinajstić information content (AvgIpc) is 3.65. The number of hydrogen-bond acceptors (Lipinski definition) is 6. The van der Waals surface area contributed by atoms with Crippen LogP contribution < -0.4 is 14.7 Å². The maximum Gasteiger partial charge on any atom is 0.266 e. The number of furan rings is 1. The Morgan fingerprint density at radius 2 is 1.64 bits per heavy atom. The number of carbonyl (C=O) groups excluding carboxylic acids is 2. The second kappa shape index (κ2) is 10.4. The van der Waals surface area contributed by atoms with Crippen LogP contribution in [0.4, 0.5) is 11.4 Å². The van der Waals surface area contributed by atoms with Gasteiger partial charge in [-0.3, -0.25) is 14.4 Å². The highest BCUT2D eigenvalue weighted by molar-refractivity contribution is 6.35. The topological polar surface area (TPSA) is 72.2 Å². The zero-order valence-corrected chi connectivity index (χ0v) is 22.4. The van der Waals surface area contributed by atoms with E-state index in [4.69, 9.17) is 37.2 Å². The minimum Gasteiger partial charge on any atom is -0.494 e. The van der Waals surface area contributed by atoms with Crippen LogP contribution in [0.3, 0.4) is 0 Å². The number of anilines is 2. The predicted molar refractivity (Wildman–Crippen MR) is 149 cm³/mol. The van der Waals surface area contributed by atoms with Crippen LogP contribution in [0.15, 0.2) is 89.3 Å². The standard InChI is InChI=1S/C30H24Cl2N2O5/c1-2-16-37-21-11-9-19(10-12-21)33-29(35)26-27(34(39-28(26)30(33)36)20-6-4-3-5-7-20)25-15-14-24(38-25)22-17-18(31)8-13-23(22)32/h3-15,17,26-28H,2,16H2,1H3/t26-,27+,28+/m1/s1. The minimum absolute atomic E-state index is 0.366. The molecule has 0 N–H and O–H groups in total. The molecule has 7 nitrogen and oxygen atoms in total. The second-order valence-corrected chi connectivity index (χ2v) is 10.2. The number of nitrogens with zero attached hydrogens (tertiary/aromatic N) is 2. The van der Waals surface area contributed by atoms with Crippen LogP contribution in [-0.2, 0) is 14.4 Å². The molecule has 4 aromatic rings. The summed E-state index contributed by atoms with van der Waals surface area (Å²) in [4.78, 5) is 34.8. The molecule has 39 heavy (non-hydrogen) atoms. The molecule has 0 saturated carbocycles. The molecule has 0 unspecified atom stereocenters. The first-order valence-corrected chi connectivity index (χ1v) is 13.4. The number of benzene rings is 3. The average molecular weight is 563 g/mol. The summed E-state index contributed by atoms with van der Waals surface area (Å²) in [5, 5.41) is 2.58. The fourth-order valence-corrected chi connectivity index (χ4v) is 5.39. The molecule has 0 spiro atoms. The fourth-order valence-electron chi connectivity index (χ4n) is 5.01. The lowest BCUT2D eigenvalue weighted by Crippen LogP contribution is -2.37. The van der Waals surface area contributed by atoms with E-state index < -0.39 is 24.0 Å². The summed E-state index contributed by atoms with van der Waals surface area (Å²) in [6.07, 6.45) is -0.134. The van der Waals surface area contributed by atoms with Gasteiger partial charge in [0.1, 0.15) is 29.2 Å². The number of hydrogen-bond donors (Lipinski definition) is 0. The van der Waals surface area contributed by atoms with E-state index in [0.29, 0.717) is 50.9 Å². The van der Waals surface area contributed by atoms with Crippen molar-refractivity contribution in [3.63, 3.8) is 0 Å². The summed E-state index contributed by atoms with van der Waals surface area (Å²) < 4.78 is 11.9. The minimum atomic E-state index is -1.01. The zero-order chi connectivity index (χ0) is 27.1. The molecule has 198 valence electrons. The van der Waals surface area contributed by atoms with E-state index in [-0.39, 0.29) is 5.91 Å². The van der Waals surface area contributed by atoms with E-state index in [9.17, 15) is 9.59 Å². The van der Waals surface area contributed by atoms with Crippen LogP contribution in [0.2, 0.25) is 10.0 Å². The lowest BCUT2D eigenvalue weighted by atomic mass is 9.94. The number of imide groups is 1. The summed E-state index contributed by atoms with van der Waals surface area (Å²) in [6, 6.07) is 24.2. The third-order valence-corrected chi connectivity index (χ3v) is 7.37. The van der Waals surface area contributed by atoms with Gasteiger partial charge in [-0.05, 0) is 73.2 Å². The first kappa shape index (κ1) is 25.5. The van der Waals surface area contributed by atoms with Crippen molar-refractivity contribution >= 4 is 46.4 Å². The number of hydroxylamine groups is 1. The monoisotopic (exact) mass is 562 g/mol. The quantitative estimate of drug-likeness (QED) is 0.224. The van der Waals surface area contributed by atoms with Crippen molar-refractivity contribution in [2.24, 2.45) is 5.92 Å². The SMILES string of the molecule is CCCOc1ccc(N2C(=O)[C@H]3[C@H](ON(c4ccccc4)[C@H]3c3ccc(-c4cc(Cl)ccc4Cl)o3)C2=O)cc1. The van der Waals surface area contributed by atoms with Crippen molar-refractivity contribution in [2.45, 2.75) is 25.5 Å². The van der Waals surface area contributed by atoms with Gasteiger partial charge in [0.05, 0.1) is 23.0 Å². The normalized spacial score (nSPS) is 20.5. The van der Waals surface area contributed by atoms with Crippen molar-refractivity contribution < 1.29 is 23.6 Å². The van der Waals surface area contributed by atoms with Crippen LogP contribution >= 0.6 is 23.2 Å². The van der Waals surface area contributed by atoms with Crippen molar-refractivity contribution in [3.05, 3.63) is 101 Å². The molecule has 0 radical (unpaired) electrons. The Labute approximate surface area is 235 Å². The third-order valence-electron chi connectivity index (χ3n) is 6.81. The second-order valence-electron chi connectivity index (χ2n) is 9.34. The van der Waals surface area contributed by atoms with Gasteiger partial charge >= 0.3 is 0 Å². The van der Waals surface area contributed by atoms with Gasteiger partial charge in [0.2, 0.25) is 5.91 Å². The number of ether oxygens (including phenoxy) is 1. The summed E-state index contributed by atoms with van der Waals surface area (Å²) in [6.45, 7) is 2.61. The maximum atomic E-state index is 13.9. The van der Waals surface area contributed by atoms with Crippen molar-refractivity contribution in [3.8, 4) is 17.1 Å². The highest BCUT2D eigenvalue weighted by Crippen LogP contribution is 2.48. The molecular formula is C30H24Cl2N2O5. The van der Waals surface area contributed by atoms with Gasteiger partial charge in [-0.15, -0.1) is 0 Å². The van der Waals surface area contributed by atoms with E-state index in [1.807, 2.05) is 37.3 Å². The summed E-state index contributed by atoms with van der Waals surface area (Å²) in [7, 11) is 0. The molecule has 2 saturated heterocycles. The highest BCUT2D eigenvalue weighted by Gasteiger charge is 2.61. The Kier molecular flexibility index (Phi) is 6.81. The lowest BCUT2D eigenvalue weighted by molar-refractivity contribution is -0.126. The molecule has 0 bridgehead atoms. The van der Waals surface area contributed by atoms with Crippen LogP contribution in [0.5, 0.6) is 5.75 Å². The Morgan fingerprint density at radius 3 is 2.38 bits per heavy atom. The molecule has 6 rings (SSSR count). The number of carbonyl (C=O) groups is 2. The van der Waals surface area contributed by atoms with E-state index in [1.54, 1.807) is 59.7 Å². The first-order valence-electron chi connectivity index (χ1n) is 12.6. The Balaban J connectivity index is 1.37. The number of fused-ring (bicyclic) bond motifs is 1. The summed E-state index contributed by atoms with van der Waals surface area (Å²) >= 11 is 12.6. The third kappa shape index (κ3) is 4.56. The maximum absolute atomic E-state index is 13.9. The van der Waals surface area contributed by atoms with Crippen LogP contribution in [-0.4, -0.2) is 24.5 Å². The smallest absolute Gasteiger partial charge is 0.266 e. The lowest BCUT2D eigenvalue weighted by Gasteiger charge is -2.27. The Bertz CT molecular complexity index is 1520. The number of para-hydroxylation sites is 1. The Hall–Kier alpha value is -3.78. The van der Waals surface area contributed by atoms with Gasteiger partial charge < -0.3 is 9.15 Å². The molecule has 3 atom stereocenters. The van der Waals surface area contributed by atoms with Gasteiger partial charge in [-0.1, -0.05) is 48.3 Å². The first-order chi connectivity index (χ1) is 19.0. The molecule has 9 heteroatoms. The van der Waals surface area contributed by atoms with Crippen LogP contribution in [0.25, 0.3) is 11.3 Å². The highest BCUT2D eigenvalue weighted by atomic mass is 35.5. The van der Waals surface area contributed by atoms with Gasteiger partial charge in [-0.25, -0.2) is 9.96 Å². The molecular weight excluding hydrogens is 539 g/mol. The number of halogens is 2. The van der Waals surface area contributed by atoms with Crippen molar-refractivity contribution in [1.82, 2.24) is 0 Å². The summed E-state index contributed by atoms with van der Waals surface area (Å²) in [5.41, 5.74) is 1.78. The van der Waals surface area contributed by atoms with Gasteiger partial charge in [0, 0.05) is 10.6 Å². The van der Waals surface area contributed by atoms with Gasteiger partial charge in [0.25, 0.3) is 5.91 Å². The Morgan fingerprint density at radius 1 is 0.872 bits per heavy atom. The van der Waals surface area contributed by atoms with Crippen LogP contribution in [0.1, 0.15) is 25.1 Å². The van der Waals surface area contributed by atoms with E-state index in [1.165, 1.54) is 4.90 Å². The van der Waals surface area contributed by atoms with Crippen LogP contribution in [0, 0.1) is 5.92 Å². The molecule has 0 aliphatic carbocycles. The molecule has 3 aromatic carbocycles. The number of rotatable bonds is 7. The fraction of sp³-hybridized carbons (Fsp3) is 0.200. The largest absolute Gasteiger partial charge is 0.494 e. The van der Waals surface area contributed by atoms with Crippen molar-refractivity contribution in [2.75, 3.05) is 16.6 Å². The van der Waals surface area contributed by atoms with Gasteiger partial charge in [-0.2, -0.15) is 0 Å². The molecule has 2 amide bonds. The van der Waals surface area contributed by atoms with E-state index in [2.05, 4.69) is 0 Å². The predicted octanol–water partition coefficient (Wildman–Crippen LogP) is 7.09. The van der Waals surface area contributed by atoms with E-state index >= 15 is 0 Å². The molecule has 2 fully saturated rings.